The van der Waals surface area contributed by atoms with Crippen LogP contribution in [-0.4, -0.2) is 38.2 Å². The lowest BCUT2D eigenvalue weighted by atomic mass is 9.85. The van der Waals surface area contributed by atoms with E-state index in [4.69, 9.17) is 9.47 Å². The molecule has 0 spiro atoms. The lowest BCUT2D eigenvalue weighted by molar-refractivity contribution is -0.146. The third-order valence-electron chi connectivity index (χ3n) is 4.14. The molecule has 2 aliphatic rings. The number of methoxy groups -OCH3 is 1. The maximum atomic E-state index is 12.1. The van der Waals surface area contributed by atoms with Gasteiger partial charge in [0.1, 0.15) is 0 Å². The van der Waals surface area contributed by atoms with Crippen LogP contribution in [0, 0.1) is 11.8 Å². The van der Waals surface area contributed by atoms with Crippen LogP contribution in [0.1, 0.15) is 38.5 Å². The van der Waals surface area contributed by atoms with Gasteiger partial charge in [-0.1, -0.05) is 0 Å². The van der Waals surface area contributed by atoms with Crippen molar-refractivity contribution in [2.45, 2.75) is 44.6 Å². The summed E-state index contributed by atoms with van der Waals surface area (Å²) in [7, 11) is 1.43. The average molecular weight is 269 g/mol. The molecular weight excluding hydrogens is 246 g/mol. The first-order chi connectivity index (χ1) is 9.20. The number of nitrogens with one attached hydrogen (secondary N) is 1. The molecule has 1 saturated carbocycles. The largest absolute Gasteiger partial charge is 0.469 e. The van der Waals surface area contributed by atoms with E-state index in [1.165, 1.54) is 7.11 Å². The Kier molecular flexibility index (Phi) is 5.19. The summed E-state index contributed by atoms with van der Waals surface area (Å²) < 4.78 is 10.1. The van der Waals surface area contributed by atoms with Crippen molar-refractivity contribution in [2.24, 2.45) is 11.8 Å². The van der Waals surface area contributed by atoms with Crippen molar-refractivity contribution in [3.8, 4) is 0 Å². The lowest BCUT2D eigenvalue weighted by Crippen LogP contribution is -2.43. The van der Waals surface area contributed by atoms with Crippen molar-refractivity contribution in [2.75, 3.05) is 20.3 Å². The fourth-order valence-electron chi connectivity index (χ4n) is 2.91. The molecule has 2 rings (SSSR count). The van der Waals surface area contributed by atoms with E-state index in [1.54, 1.807) is 0 Å². The van der Waals surface area contributed by atoms with Gasteiger partial charge in [-0.05, 0) is 38.5 Å². The molecule has 5 heteroatoms. The van der Waals surface area contributed by atoms with E-state index in [9.17, 15) is 9.59 Å². The van der Waals surface area contributed by atoms with Crippen LogP contribution in [0.3, 0.4) is 0 Å². The maximum absolute atomic E-state index is 12.1. The Morgan fingerprint density at radius 3 is 2.42 bits per heavy atom. The van der Waals surface area contributed by atoms with E-state index in [2.05, 4.69) is 5.32 Å². The van der Waals surface area contributed by atoms with Crippen LogP contribution in [0.25, 0.3) is 0 Å². The molecule has 1 aliphatic carbocycles. The lowest BCUT2D eigenvalue weighted by Gasteiger charge is -2.29. The van der Waals surface area contributed by atoms with Gasteiger partial charge in [-0.25, -0.2) is 0 Å². The molecule has 1 atom stereocenters. The highest BCUT2D eigenvalue weighted by Gasteiger charge is 2.29. The van der Waals surface area contributed by atoms with Gasteiger partial charge in [0.15, 0.2) is 0 Å². The Morgan fingerprint density at radius 2 is 1.84 bits per heavy atom. The summed E-state index contributed by atoms with van der Waals surface area (Å²) >= 11 is 0. The Hall–Kier alpha value is -1.10. The zero-order valence-electron chi connectivity index (χ0n) is 11.5. The number of hydrogen-bond acceptors (Lipinski definition) is 4. The number of hydrogen-bond donors (Lipinski definition) is 1. The molecule has 0 aromatic heterocycles. The molecule has 5 nitrogen and oxygen atoms in total. The fourth-order valence-corrected chi connectivity index (χ4v) is 2.91. The highest BCUT2D eigenvalue weighted by Crippen LogP contribution is 2.25. The van der Waals surface area contributed by atoms with Gasteiger partial charge in [-0.3, -0.25) is 9.59 Å². The Labute approximate surface area is 114 Å². The number of amides is 1. The number of esters is 1. The third-order valence-corrected chi connectivity index (χ3v) is 4.14. The van der Waals surface area contributed by atoms with Gasteiger partial charge in [0, 0.05) is 12.6 Å². The molecule has 0 radical (unpaired) electrons. The van der Waals surface area contributed by atoms with Gasteiger partial charge >= 0.3 is 5.97 Å². The van der Waals surface area contributed by atoms with E-state index >= 15 is 0 Å². The maximum Gasteiger partial charge on any atom is 0.308 e. The van der Waals surface area contributed by atoms with E-state index in [0.29, 0.717) is 6.61 Å². The molecule has 1 unspecified atom stereocenters. The normalized spacial score (nSPS) is 31.5. The predicted octanol–water partition coefficient (Wildman–Crippen LogP) is 1.26. The van der Waals surface area contributed by atoms with Crippen LogP contribution in [0.15, 0.2) is 0 Å². The zero-order chi connectivity index (χ0) is 13.7. The predicted molar refractivity (Wildman–Crippen MR) is 69.4 cm³/mol. The Bertz CT molecular complexity index is 317. The van der Waals surface area contributed by atoms with Crippen molar-refractivity contribution in [1.82, 2.24) is 5.32 Å². The van der Waals surface area contributed by atoms with Gasteiger partial charge in [0.05, 0.1) is 25.6 Å². The third kappa shape index (κ3) is 3.93. The summed E-state index contributed by atoms with van der Waals surface area (Å²) in [5.41, 5.74) is 0. The first-order valence-corrected chi connectivity index (χ1v) is 7.16. The highest BCUT2D eigenvalue weighted by atomic mass is 16.5. The van der Waals surface area contributed by atoms with E-state index in [1.807, 2.05) is 0 Å². The summed E-state index contributed by atoms with van der Waals surface area (Å²) in [6, 6.07) is 0.204. The molecule has 1 aliphatic heterocycles. The van der Waals surface area contributed by atoms with Crippen molar-refractivity contribution in [3.05, 3.63) is 0 Å². The molecular formula is C14H23NO4. The van der Waals surface area contributed by atoms with Crippen LogP contribution < -0.4 is 5.32 Å². The van der Waals surface area contributed by atoms with Gasteiger partial charge in [0.25, 0.3) is 0 Å². The monoisotopic (exact) mass is 269 g/mol. The van der Waals surface area contributed by atoms with Gasteiger partial charge in [0.2, 0.25) is 5.91 Å². The standard InChI is InChI=1S/C14H23NO4/c1-18-14(17)10-4-6-12(7-5-10)15-13(16)11-3-2-8-19-9-11/h10-12H,2-9H2,1H3,(H,15,16). The average Bonchev–Trinajstić information content (AvgIpc) is 2.48. The molecule has 1 heterocycles. The van der Waals surface area contributed by atoms with Crippen molar-refractivity contribution in [1.29, 1.82) is 0 Å². The van der Waals surface area contributed by atoms with Crippen LogP contribution in [0.5, 0.6) is 0 Å². The molecule has 0 aromatic carbocycles. The second kappa shape index (κ2) is 6.89. The summed E-state index contributed by atoms with van der Waals surface area (Å²) in [5.74, 6) is 0.00919. The molecule has 1 N–H and O–H groups in total. The number of carbonyl (C=O) groups is 2. The molecule has 2 fully saturated rings. The van der Waals surface area contributed by atoms with Crippen molar-refractivity contribution in [3.63, 3.8) is 0 Å². The first-order valence-electron chi connectivity index (χ1n) is 7.16. The second-order valence-electron chi connectivity index (χ2n) is 5.49. The topological polar surface area (TPSA) is 64.6 Å². The highest BCUT2D eigenvalue weighted by molar-refractivity contribution is 5.79. The van der Waals surface area contributed by atoms with Gasteiger partial charge < -0.3 is 14.8 Å². The van der Waals surface area contributed by atoms with Crippen LogP contribution >= 0.6 is 0 Å². The van der Waals surface area contributed by atoms with E-state index in [0.717, 1.165) is 45.1 Å². The Morgan fingerprint density at radius 1 is 1.11 bits per heavy atom. The number of rotatable bonds is 3. The molecule has 108 valence electrons. The summed E-state index contributed by atoms with van der Waals surface area (Å²) in [4.78, 5) is 23.5. The van der Waals surface area contributed by atoms with Gasteiger partial charge in [-0.2, -0.15) is 0 Å². The molecule has 1 saturated heterocycles. The quantitative estimate of drug-likeness (QED) is 0.783. The summed E-state index contributed by atoms with van der Waals surface area (Å²) in [6.07, 6.45) is 5.21. The van der Waals surface area contributed by atoms with Gasteiger partial charge in [-0.15, -0.1) is 0 Å². The first kappa shape index (κ1) is 14.3. The van der Waals surface area contributed by atoms with E-state index in [-0.39, 0.29) is 29.8 Å². The minimum atomic E-state index is -0.120. The van der Waals surface area contributed by atoms with Crippen molar-refractivity contribution >= 4 is 11.9 Å². The van der Waals surface area contributed by atoms with E-state index < -0.39 is 0 Å². The molecule has 19 heavy (non-hydrogen) atoms. The zero-order valence-corrected chi connectivity index (χ0v) is 11.5. The van der Waals surface area contributed by atoms with Crippen molar-refractivity contribution < 1.29 is 19.1 Å². The molecule has 0 aromatic rings. The minimum absolute atomic E-state index is 0.00656. The summed E-state index contributed by atoms with van der Waals surface area (Å²) in [5, 5.41) is 3.10. The fraction of sp³-hybridized carbons (Fsp3) is 0.857. The van der Waals surface area contributed by atoms with Crippen LogP contribution in [-0.2, 0) is 19.1 Å². The Balaban J connectivity index is 1.72. The molecule has 0 bridgehead atoms. The minimum Gasteiger partial charge on any atom is -0.469 e. The van der Waals surface area contributed by atoms with Crippen LogP contribution in [0.2, 0.25) is 0 Å². The van der Waals surface area contributed by atoms with Crippen LogP contribution in [0.4, 0.5) is 0 Å². The summed E-state index contributed by atoms with van der Waals surface area (Å²) in [6.45, 7) is 1.32. The number of ether oxygens (including phenoxy) is 2. The molecule has 1 amide bonds. The second-order valence-corrected chi connectivity index (χ2v) is 5.49. The SMILES string of the molecule is COC(=O)C1CCC(NC(=O)C2CCCOC2)CC1. The number of carbonyl (C=O) groups excluding carboxylic acids is 2. The smallest absolute Gasteiger partial charge is 0.308 e.